The Kier molecular flexibility index (Phi) is 12.3. The molecule has 8 N–H and O–H groups in total. The molecular formula is C33H40N4O7. The van der Waals surface area contributed by atoms with Crippen molar-refractivity contribution < 1.29 is 34.5 Å². The third kappa shape index (κ3) is 10.1. The van der Waals surface area contributed by atoms with Crippen LogP contribution in [0.15, 0.2) is 78.9 Å². The van der Waals surface area contributed by atoms with Crippen LogP contribution in [0.3, 0.4) is 0 Å². The summed E-state index contributed by atoms with van der Waals surface area (Å²) in [5.41, 5.74) is 8.24. The fourth-order valence-electron chi connectivity index (χ4n) is 4.60. The van der Waals surface area contributed by atoms with Crippen molar-refractivity contribution in [2.45, 2.75) is 63.7 Å². The van der Waals surface area contributed by atoms with E-state index in [2.05, 4.69) is 16.0 Å². The van der Waals surface area contributed by atoms with Gasteiger partial charge in [0.2, 0.25) is 17.7 Å². The minimum Gasteiger partial charge on any atom is -0.508 e. The molecule has 0 radical (unpaired) electrons. The minimum absolute atomic E-state index is 0.0219. The molecule has 0 heterocycles. The van der Waals surface area contributed by atoms with Crippen molar-refractivity contribution in [3.05, 3.63) is 95.6 Å². The van der Waals surface area contributed by atoms with Crippen LogP contribution in [-0.2, 0) is 38.4 Å². The van der Waals surface area contributed by atoms with E-state index < -0.39 is 47.9 Å². The Hall–Kier alpha value is -4.90. The molecule has 0 aromatic heterocycles. The third-order valence-electron chi connectivity index (χ3n) is 7.43. The standard InChI is InChI=1S/C33H40N4O7/c1-3-20(2)29(33(43)44)37-32(42)28(18-21-7-5-4-6-8-21)36-31(41)27(19-23-11-15-25(39)16-12-23)35-30(40)26(34)17-22-9-13-24(38)14-10-22/h4-16,20,26-29,38-39H,3,17-19,34H2,1-2H3,(H,35,40)(H,36,41)(H,37,42)(H,43,44). The number of aliphatic carboxylic acids is 1. The van der Waals surface area contributed by atoms with Crippen LogP contribution < -0.4 is 21.7 Å². The fraction of sp³-hybridized carbons (Fsp3) is 0.333. The predicted octanol–water partition coefficient (Wildman–Crippen LogP) is 2.04. The Morgan fingerprint density at radius 3 is 1.57 bits per heavy atom. The number of nitrogens with one attached hydrogen (secondary N) is 3. The molecule has 0 saturated heterocycles. The summed E-state index contributed by atoms with van der Waals surface area (Å²) in [5, 5.41) is 36.9. The number of benzene rings is 3. The summed E-state index contributed by atoms with van der Waals surface area (Å²) in [7, 11) is 0. The highest BCUT2D eigenvalue weighted by molar-refractivity contribution is 5.94. The van der Waals surface area contributed by atoms with Gasteiger partial charge in [-0.05, 0) is 53.3 Å². The van der Waals surface area contributed by atoms with Gasteiger partial charge in [-0.2, -0.15) is 0 Å². The second-order valence-electron chi connectivity index (χ2n) is 10.9. The van der Waals surface area contributed by atoms with E-state index in [0.717, 1.165) is 5.56 Å². The molecule has 3 rings (SSSR count). The van der Waals surface area contributed by atoms with E-state index in [4.69, 9.17) is 5.73 Å². The van der Waals surface area contributed by atoms with E-state index in [-0.39, 0.29) is 36.7 Å². The Labute approximate surface area is 256 Å². The normalized spacial score (nSPS) is 14.3. The van der Waals surface area contributed by atoms with Crippen molar-refractivity contribution in [1.82, 2.24) is 16.0 Å². The van der Waals surface area contributed by atoms with Crippen LogP contribution >= 0.6 is 0 Å². The van der Waals surface area contributed by atoms with Crippen molar-refractivity contribution in [3.63, 3.8) is 0 Å². The zero-order chi connectivity index (χ0) is 32.2. The predicted molar refractivity (Wildman–Crippen MR) is 165 cm³/mol. The number of aromatic hydroxyl groups is 2. The SMILES string of the molecule is CCC(C)C(NC(=O)C(Cc1ccccc1)NC(=O)C(Cc1ccc(O)cc1)NC(=O)C(N)Cc1ccc(O)cc1)C(=O)O. The molecule has 5 unspecified atom stereocenters. The number of phenols is 2. The maximum atomic E-state index is 13.7. The van der Waals surface area contributed by atoms with Gasteiger partial charge in [0.05, 0.1) is 6.04 Å². The molecular weight excluding hydrogens is 564 g/mol. The molecule has 0 fully saturated rings. The maximum Gasteiger partial charge on any atom is 0.326 e. The molecule has 11 heteroatoms. The van der Waals surface area contributed by atoms with Crippen molar-refractivity contribution in [2.75, 3.05) is 0 Å². The lowest BCUT2D eigenvalue weighted by atomic mass is 9.97. The Bertz CT molecular complexity index is 1400. The van der Waals surface area contributed by atoms with Crippen LogP contribution in [0.2, 0.25) is 0 Å². The largest absolute Gasteiger partial charge is 0.508 e. The Morgan fingerprint density at radius 1 is 0.659 bits per heavy atom. The van der Waals surface area contributed by atoms with Gasteiger partial charge in [0.1, 0.15) is 29.6 Å². The van der Waals surface area contributed by atoms with Crippen LogP contribution in [0.4, 0.5) is 0 Å². The number of carbonyl (C=O) groups is 4. The van der Waals surface area contributed by atoms with E-state index in [1.807, 2.05) is 13.0 Å². The molecule has 44 heavy (non-hydrogen) atoms. The first-order valence-corrected chi connectivity index (χ1v) is 14.5. The number of carboxylic acid groups (broad SMARTS) is 1. The molecule has 0 bridgehead atoms. The monoisotopic (exact) mass is 604 g/mol. The molecule has 0 aliphatic heterocycles. The van der Waals surface area contributed by atoms with Crippen molar-refractivity contribution in [3.8, 4) is 11.5 Å². The molecule has 3 aromatic carbocycles. The molecule has 0 aliphatic rings. The van der Waals surface area contributed by atoms with Crippen molar-refractivity contribution in [1.29, 1.82) is 0 Å². The maximum absolute atomic E-state index is 13.7. The van der Waals surface area contributed by atoms with Crippen LogP contribution in [0.25, 0.3) is 0 Å². The highest BCUT2D eigenvalue weighted by Gasteiger charge is 2.32. The second kappa shape index (κ2) is 16.1. The number of hydrogen-bond acceptors (Lipinski definition) is 7. The van der Waals surface area contributed by atoms with Crippen molar-refractivity contribution >= 4 is 23.7 Å². The zero-order valence-corrected chi connectivity index (χ0v) is 24.8. The summed E-state index contributed by atoms with van der Waals surface area (Å²) in [6.07, 6.45) is 0.753. The van der Waals surface area contributed by atoms with Crippen LogP contribution in [0.1, 0.15) is 37.0 Å². The number of phenolic OH excluding ortho intramolecular Hbond substituents is 2. The number of carbonyl (C=O) groups excluding carboxylic acids is 3. The summed E-state index contributed by atoms with van der Waals surface area (Å²) in [4.78, 5) is 52.3. The van der Waals surface area contributed by atoms with Gasteiger partial charge in [0.15, 0.2) is 0 Å². The summed E-state index contributed by atoms with van der Waals surface area (Å²) in [6, 6.07) is 16.8. The molecule has 0 aliphatic carbocycles. The van der Waals surface area contributed by atoms with Gasteiger partial charge in [-0.1, -0.05) is 74.9 Å². The lowest BCUT2D eigenvalue weighted by Gasteiger charge is -2.27. The molecule has 11 nitrogen and oxygen atoms in total. The van der Waals surface area contributed by atoms with Crippen LogP contribution in [0, 0.1) is 5.92 Å². The van der Waals surface area contributed by atoms with E-state index in [0.29, 0.717) is 17.5 Å². The average molecular weight is 605 g/mol. The molecule has 0 spiro atoms. The van der Waals surface area contributed by atoms with Gasteiger partial charge < -0.3 is 37.0 Å². The first-order chi connectivity index (χ1) is 21.0. The first kappa shape index (κ1) is 33.6. The Balaban J connectivity index is 1.84. The first-order valence-electron chi connectivity index (χ1n) is 14.5. The quantitative estimate of drug-likeness (QED) is 0.137. The summed E-state index contributed by atoms with van der Waals surface area (Å²) >= 11 is 0. The molecule has 3 amide bonds. The summed E-state index contributed by atoms with van der Waals surface area (Å²) < 4.78 is 0. The van der Waals surface area contributed by atoms with Crippen molar-refractivity contribution in [2.24, 2.45) is 11.7 Å². The molecule has 3 aromatic rings. The number of rotatable bonds is 15. The number of amides is 3. The van der Waals surface area contributed by atoms with E-state index >= 15 is 0 Å². The van der Waals surface area contributed by atoms with Crippen LogP contribution in [0.5, 0.6) is 11.5 Å². The third-order valence-corrected chi connectivity index (χ3v) is 7.43. The van der Waals surface area contributed by atoms with Gasteiger partial charge in [0.25, 0.3) is 0 Å². The van der Waals surface area contributed by atoms with Crippen LogP contribution in [-0.4, -0.2) is 63.2 Å². The molecule has 0 saturated carbocycles. The van der Waals surface area contributed by atoms with Gasteiger partial charge >= 0.3 is 5.97 Å². The number of carboxylic acids is 1. The molecule has 234 valence electrons. The van der Waals surface area contributed by atoms with Gasteiger partial charge in [-0.25, -0.2) is 4.79 Å². The lowest BCUT2D eigenvalue weighted by molar-refractivity contribution is -0.143. The topological polar surface area (TPSA) is 191 Å². The summed E-state index contributed by atoms with van der Waals surface area (Å²) in [5.74, 6) is -3.39. The number of nitrogens with two attached hydrogens (primary N) is 1. The number of hydrogen-bond donors (Lipinski definition) is 7. The van der Waals surface area contributed by atoms with E-state index in [1.54, 1.807) is 55.5 Å². The second-order valence-corrected chi connectivity index (χ2v) is 10.9. The zero-order valence-electron chi connectivity index (χ0n) is 24.8. The lowest BCUT2D eigenvalue weighted by Crippen LogP contribution is -2.58. The van der Waals surface area contributed by atoms with Gasteiger partial charge in [-0.3, -0.25) is 14.4 Å². The molecule has 5 atom stereocenters. The van der Waals surface area contributed by atoms with E-state index in [1.165, 1.54) is 24.3 Å². The van der Waals surface area contributed by atoms with E-state index in [9.17, 15) is 34.5 Å². The fourth-order valence-corrected chi connectivity index (χ4v) is 4.60. The van der Waals surface area contributed by atoms with Gasteiger partial charge in [-0.15, -0.1) is 0 Å². The minimum atomic E-state index is -1.18. The summed E-state index contributed by atoms with van der Waals surface area (Å²) in [6.45, 7) is 3.54. The smallest absolute Gasteiger partial charge is 0.326 e. The van der Waals surface area contributed by atoms with Gasteiger partial charge in [0, 0.05) is 12.8 Å². The Morgan fingerprint density at radius 2 is 1.09 bits per heavy atom. The highest BCUT2D eigenvalue weighted by atomic mass is 16.4. The average Bonchev–Trinajstić information content (AvgIpc) is 3.01. The highest BCUT2D eigenvalue weighted by Crippen LogP contribution is 2.14.